The third kappa shape index (κ3) is 3.00. The van der Waals surface area contributed by atoms with E-state index in [2.05, 4.69) is 0 Å². The molecular formula is C15H15FO4. The average Bonchev–Trinajstić information content (AvgIpc) is 2.46. The van der Waals surface area contributed by atoms with Crippen molar-refractivity contribution in [3.63, 3.8) is 0 Å². The number of hydrogen-bond donors (Lipinski definition) is 1. The highest BCUT2D eigenvalue weighted by atomic mass is 19.1. The van der Waals surface area contributed by atoms with Gasteiger partial charge in [-0.3, -0.25) is 0 Å². The van der Waals surface area contributed by atoms with Gasteiger partial charge in [-0.2, -0.15) is 0 Å². The van der Waals surface area contributed by atoms with Gasteiger partial charge >= 0.3 is 0 Å². The molecule has 2 aromatic carbocycles. The fourth-order valence-corrected chi connectivity index (χ4v) is 1.81. The molecule has 0 aromatic heterocycles. The zero-order valence-corrected chi connectivity index (χ0v) is 11.2. The predicted molar refractivity (Wildman–Crippen MR) is 71.9 cm³/mol. The lowest BCUT2D eigenvalue weighted by Crippen LogP contribution is -1.95. The zero-order valence-electron chi connectivity index (χ0n) is 11.2. The predicted octanol–water partition coefficient (Wildman–Crippen LogP) is 3.13. The maximum atomic E-state index is 13.4. The Morgan fingerprint density at radius 3 is 2.25 bits per heavy atom. The molecule has 5 heteroatoms. The highest BCUT2D eigenvalue weighted by Gasteiger charge is 2.13. The highest BCUT2D eigenvalue weighted by Crippen LogP contribution is 2.40. The zero-order chi connectivity index (χ0) is 14.5. The van der Waals surface area contributed by atoms with E-state index >= 15 is 0 Å². The Morgan fingerprint density at radius 1 is 1.05 bits per heavy atom. The van der Waals surface area contributed by atoms with Gasteiger partial charge in [0.25, 0.3) is 0 Å². The fourth-order valence-electron chi connectivity index (χ4n) is 1.81. The first kappa shape index (κ1) is 14.1. The van der Waals surface area contributed by atoms with E-state index in [1.54, 1.807) is 24.3 Å². The molecule has 0 saturated heterocycles. The Hall–Kier alpha value is -2.27. The van der Waals surface area contributed by atoms with Crippen LogP contribution in [0.25, 0.3) is 0 Å². The first-order chi connectivity index (χ1) is 9.67. The minimum atomic E-state index is -0.486. The summed E-state index contributed by atoms with van der Waals surface area (Å²) in [5.41, 5.74) is 0.425. The monoisotopic (exact) mass is 278 g/mol. The molecule has 0 unspecified atom stereocenters. The molecule has 0 spiro atoms. The van der Waals surface area contributed by atoms with Crippen LogP contribution in [0.2, 0.25) is 0 Å². The number of para-hydroxylation sites is 1. The second kappa shape index (κ2) is 6.25. The minimum Gasteiger partial charge on any atom is -0.493 e. The van der Waals surface area contributed by atoms with Crippen molar-refractivity contribution in [2.24, 2.45) is 0 Å². The van der Waals surface area contributed by atoms with Crippen molar-refractivity contribution in [1.82, 2.24) is 0 Å². The normalized spacial score (nSPS) is 10.2. The molecule has 106 valence electrons. The van der Waals surface area contributed by atoms with Crippen molar-refractivity contribution < 1.29 is 23.7 Å². The van der Waals surface area contributed by atoms with Gasteiger partial charge in [-0.1, -0.05) is 6.07 Å². The van der Waals surface area contributed by atoms with Crippen LogP contribution in [0.1, 0.15) is 5.56 Å². The molecule has 0 aliphatic heterocycles. The quantitative estimate of drug-likeness (QED) is 0.912. The second-order valence-corrected chi connectivity index (χ2v) is 4.05. The van der Waals surface area contributed by atoms with Crippen LogP contribution in [0.15, 0.2) is 36.4 Å². The van der Waals surface area contributed by atoms with Crippen molar-refractivity contribution in [1.29, 1.82) is 0 Å². The van der Waals surface area contributed by atoms with Crippen molar-refractivity contribution >= 4 is 0 Å². The van der Waals surface area contributed by atoms with Gasteiger partial charge in [0.15, 0.2) is 11.5 Å². The van der Waals surface area contributed by atoms with Crippen molar-refractivity contribution in [3.8, 4) is 23.0 Å². The Balaban J connectivity index is 2.41. The molecule has 2 rings (SSSR count). The first-order valence-corrected chi connectivity index (χ1v) is 5.97. The molecule has 0 fully saturated rings. The lowest BCUT2D eigenvalue weighted by molar-refractivity contribution is 0.280. The molecule has 1 N–H and O–H groups in total. The minimum absolute atomic E-state index is 0.261. The molecule has 0 radical (unpaired) electrons. The van der Waals surface area contributed by atoms with E-state index in [1.807, 2.05) is 0 Å². The number of hydrogen-bond acceptors (Lipinski definition) is 4. The first-order valence-electron chi connectivity index (χ1n) is 5.97. The largest absolute Gasteiger partial charge is 0.493 e. The molecule has 0 atom stereocenters. The molecule has 0 bridgehead atoms. The van der Waals surface area contributed by atoms with Crippen molar-refractivity contribution in [2.45, 2.75) is 6.61 Å². The molecule has 0 saturated carbocycles. The maximum absolute atomic E-state index is 13.4. The number of halogens is 1. The smallest absolute Gasteiger partial charge is 0.210 e. The van der Waals surface area contributed by atoms with Crippen LogP contribution in [0.5, 0.6) is 23.0 Å². The van der Waals surface area contributed by atoms with Crippen molar-refractivity contribution in [3.05, 3.63) is 47.8 Å². The Labute approximate surface area is 116 Å². The van der Waals surface area contributed by atoms with Crippen LogP contribution in [0, 0.1) is 5.82 Å². The fraction of sp³-hybridized carbons (Fsp3) is 0.200. The number of aliphatic hydroxyl groups excluding tert-OH is 1. The average molecular weight is 278 g/mol. The number of methoxy groups -OCH3 is 2. The summed E-state index contributed by atoms with van der Waals surface area (Å²) in [4.78, 5) is 0. The molecule has 0 aliphatic rings. The summed E-state index contributed by atoms with van der Waals surface area (Å²) in [5.74, 6) is 1.07. The van der Waals surface area contributed by atoms with E-state index in [9.17, 15) is 4.39 Å². The van der Waals surface area contributed by atoms with Crippen LogP contribution in [-0.2, 0) is 6.61 Å². The maximum Gasteiger partial charge on any atom is 0.210 e. The van der Waals surface area contributed by atoms with E-state index in [0.29, 0.717) is 22.8 Å². The van der Waals surface area contributed by atoms with Gasteiger partial charge in [0.2, 0.25) is 5.75 Å². The van der Waals surface area contributed by atoms with E-state index in [1.165, 1.54) is 26.4 Å². The Bertz CT molecular complexity index is 576. The van der Waals surface area contributed by atoms with Crippen LogP contribution < -0.4 is 14.2 Å². The molecule has 4 nitrogen and oxygen atoms in total. The van der Waals surface area contributed by atoms with Crippen LogP contribution >= 0.6 is 0 Å². The van der Waals surface area contributed by atoms with Gasteiger partial charge < -0.3 is 19.3 Å². The summed E-state index contributed by atoms with van der Waals surface area (Å²) in [7, 11) is 3.01. The number of ether oxygens (including phenoxy) is 3. The van der Waals surface area contributed by atoms with Crippen LogP contribution in [0.3, 0.4) is 0 Å². The lowest BCUT2D eigenvalue weighted by Gasteiger charge is -2.14. The van der Waals surface area contributed by atoms with Crippen LogP contribution in [-0.4, -0.2) is 19.3 Å². The van der Waals surface area contributed by atoms with Gasteiger partial charge in [0, 0.05) is 6.07 Å². The third-order valence-corrected chi connectivity index (χ3v) is 2.72. The molecule has 0 amide bonds. The van der Waals surface area contributed by atoms with E-state index < -0.39 is 5.82 Å². The summed E-state index contributed by atoms with van der Waals surface area (Å²) in [6.45, 7) is -0.267. The van der Waals surface area contributed by atoms with Crippen LogP contribution in [0.4, 0.5) is 4.39 Å². The SMILES string of the molecule is COc1cccc(OC)c1Oc1cc(F)cc(CO)c1. The lowest BCUT2D eigenvalue weighted by atomic mass is 10.2. The van der Waals surface area contributed by atoms with Gasteiger partial charge in [-0.25, -0.2) is 4.39 Å². The number of rotatable bonds is 5. The summed E-state index contributed by atoms with van der Waals surface area (Å²) < 4.78 is 29.5. The van der Waals surface area contributed by atoms with Gasteiger partial charge in [0.05, 0.1) is 20.8 Å². The second-order valence-electron chi connectivity index (χ2n) is 4.05. The molecular weight excluding hydrogens is 263 g/mol. The third-order valence-electron chi connectivity index (χ3n) is 2.72. The van der Waals surface area contributed by atoms with Gasteiger partial charge in [-0.15, -0.1) is 0 Å². The van der Waals surface area contributed by atoms with Gasteiger partial charge in [-0.05, 0) is 29.8 Å². The Kier molecular flexibility index (Phi) is 4.42. The summed E-state index contributed by atoms with van der Waals surface area (Å²) in [6.07, 6.45) is 0. The number of benzene rings is 2. The Morgan fingerprint density at radius 2 is 1.70 bits per heavy atom. The standard InChI is InChI=1S/C15H15FO4/c1-18-13-4-3-5-14(19-2)15(13)20-12-7-10(9-17)6-11(16)8-12/h3-8,17H,9H2,1-2H3. The van der Waals surface area contributed by atoms with Gasteiger partial charge in [0.1, 0.15) is 11.6 Å². The molecule has 0 heterocycles. The number of aliphatic hydroxyl groups is 1. The van der Waals surface area contributed by atoms with E-state index in [4.69, 9.17) is 19.3 Å². The highest BCUT2D eigenvalue weighted by molar-refractivity contribution is 5.53. The van der Waals surface area contributed by atoms with E-state index in [0.717, 1.165) is 0 Å². The van der Waals surface area contributed by atoms with E-state index in [-0.39, 0.29) is 12.4 Å². The summed E-state index contributed by atoms with van der Waals surface area (Å²) in [6, 6.07) is 9.20. The molecule has 2 aromatic rings. The molecule has 0 aliphatic carbocycles. The topological polar surface area (TPSA) is 47.9 Å². The van der Waals surface area contributed by atoms with Crippen molar-refractivity contribution in [2.75, 3.05) is 14.2 Å². The summed E-state index contributed by atoms with van der Waals surface area (Å²) >= 11 is 0. The molecule has 20 heavy (non-hydrogen) atoms. The summed E-state index contributed by atoms with van der Waals surface area (Å²) in [5, 5.41) is 9.08.